The zero-order valence-corrected chi connectivity index (χ0v) is 42.4. The van der Waals surface area contributed by atoms with Crippen LogP contribution in [0.15, 0.2) is 60.8 Å². The number of carbonyl (C=O) groups is 2. The number of hydrogen-bond acceptors (Lipinski definition) is 5. The molecule has 372 valence electrons. The van der Waals surface area contributed by atoms with Crippen molar-refractivity contribution in [1.29, 1.82) is 0 Å². The number of nitrogens with one attached hydrogen (secondary N) is 1. The molecule has 3 N–H and O–H groups in total. The molecule has 0 rings (SSSR count). The van der Waals surface area contributed by atoms with Gasteiger partial charge < -0.3 is 20.3 Å². The molecule has 1 amide bonds. The maximum Gasteiger partial charge on any atom is 0.306 e. The Morgan fingerprint density at radius 2 is 0.859 bits per heavy atom. The molecule has 0 aliphatic heterocycles. The molecule has 0 fully saturated rings. The molecule has 0 aliphatic carbocycles. The van der Waals surface area contributed by atoms with Crippen LogP contribution in [-0.2, 0) is 14.3 Å². The van der Waals surface area contributed by atoms with Crippen molar-refractivity contribution in [2.75, 3.05) is 6.61 Å². The lowest BCUT2D eigenvalue weighted by molar-refractivity contribution is -0.151. The summed E-state index contributed by atoms with van der Waals surface area (Å²) in [5.74, 6) is -0.542. The second kappa shape index (κ2) is 51.5. The van der Waals surface area contributed by atoms with E-state index in [1.165, 1.54) is 141 Å². The van der Waals surface area contributed by atoms with Gasteiger partial charge in [-0.15, -0.1) is 0 Å². The molecule has 0 aromatic heterocycles. The summed E-state index contributed by atoms with van der Waals surface area (Å²) in [5.41, 5.74) is 0. The van der Waals surface area contributed by atoms with Crippen LogP contribution in [0.4, 0.5) is 0 Å². The number of hydrogen-bond donors (Lipinski definition) is 3. The molecule has 6 nitrogen and oxygen atoms in total. The van der Waals surface area contributed by atoms with Crippen LogP contribution in [0.2, 0.25) is 0 Å². The Kier molecular flexibility index (Phi) is 49.6. The van der Waals surface area contributed by atoms with Crippen molar-refractivity contribution in [3.63, 3.8) is 0 Å². The predicted molar refractivity (Wildman–Crippen MR) is 278 cm³/mol. The average molecular weight is 896 g/mol. The first-order chi connectivity index (χ1) is 31.5. The lowest BCUT2D eigenvalue weighted by Crippen LogP contribution is -2.46. The van der Waals surface area contributed by atoms with Crippen molar-refractivity contribution in [2.24, 2.45) is 0 Å². The van der Waals surface area contributed by atoms with Gasteiger partial charge in [-0.3, -0.25) is 9.59 Å². The Morgan fingerprint density at radius 1 is 0.469 bits per heavy atom. The molecule has 0 aliphatic rings. The number of ether oxygens (including phenoxy) is 1. The molecule has 0 bridgehead atoms. The van der Waals surface area contributed by atoms with E-state index < -0.39 is 18.2 Å². The van der Waals surface area contributed by atoms with Crippen LogP contribution in [0.25, 0.3) is 0 Å². The molecule has 0 heterocycles. The van der Waals surface area contributed by atoms with Crippen LogP contribution in [0.3, 0.4) is 0 Å². The van der Waals surface area contributed by atoms with Gasteiger partial charge in [0.05, 0.1) is 25.2 Å². The molecule has 0 aromatic rings. The summed E-state index contributed by atoms with van der Waals surface area (Å²) in [5, 5.41) is 23.8. The normalized spacial score (nSPS) is 13.6. The van der Waals surface area contributed by atoms with E-state index in [1.807, 2.05) is 0 Å². The summed E-state index contributed by atoms with van der Waals surface area (Å²) in [4.78, 5) is 26.2. The maximum absolute atomic E-state index is 13.2. The van der Waals surface area contributed by atoms with Gasteiger partial charge in [0.25, 0.3) is 0 Å². The molecule has 64 heavy (non-hydrogen) atoms. The minimum absolute atomic E-state index is 0.0349. The fourth-order valence-corrected chi connectivity index (χ4v) is 8.14. The van der Waals surface area contributed by atoms with Crippen molar-refractivity contribution >= 4 is 11.9 Å². The molecule has 0 spiro atoms. The molecule has 6 heteroatoms. The van der Waals surface area contributed by atoms with Gasteiger partial charge in [-0.25, -0.2) is 0 Å². The number of rotatable bonds is 49. The van der Waals surface area contributed by atoms with E-state index in [0.717, 1.165) is 83.5 Å². The van der Waals surface area contributed by atoms with Gasteiger partial charge in [0, 0.05) is 6.42 Å². The summed E-state index contributed by atoms with van der Waals surface area (Å²) >= 11 is 0. The van der Waals surface area contributed by atoms with Gasteiger partial charge in [-0.05, 0) is 83.5 Å². The van der Waals surface area contributed by atoms with E-state index in [1.54, 1.807) is 0 Å². The van der Waals surface area contributed by atoms with E-state index in [4.69, 9.17) is 4.74 Å². The zero-order valence-electron chi connectivity index (χ0n) is 42.4. The third-order valence-corrected chi connectivity index (χ3v) is 12.3. The number of aliphatic hydroxyl groups is 2. The summed E-state index contributed by atoms with van der Waals surface area (Å²) in [6, 6.07) is -0.722. The van der Waals surface area contributed by atoms with Crippen LogP contribution in [-0.4, -0.2) is 46.9 Å². The Balaban J connectivity index is 4.66. The highest BCUT2D eigenvalue weighted by Gasteiger charge is 2.24. The standard InChI is InChI=1S/C58H105NO5/c1-4-7-10-13-16-19-22-25-28-29-30-33-36-39-42-45-48-51-58(63)64-54(49-46-43-40-37-34-31-26-23-20-17-14-11-8-5-2)52-57(62)59-55(53-60)56(61)50-47-44-41-38-35-32-27-24-21-18-15-12-9-6-3/h16,19,25,28,30-31,33-34,37,40,54-56,60-61H,4-15,17-18,20-24,26-27,29,32,35-36,38-39,41-53H2,1-3H3,(H,59,62)/b19-16-,28-25-,33-30-,34-31+,40-37+. The van der Waals surface area contributed by atoms with Gasteiger partial charge in [-0.1, -0.05) is 236 Å². The topological polar surface area (TPSA) is 95.9 Å². The molecule has 3 atom stereocenters. The first kappa shape index (κ1) is 61.6. The first-order valence-electron chi connectivity index (χ1n) is 27.5. The van der Waals surface area contributed by atoms with Crippen molar-refractivity contribution in [1.82, 2.24) is 5.32 Å². The number of carbonyl (C=O) groups excluding carboxylic acids is 2. The summed E-state index contributed by atoms with van der Waals surface area (Å²) in [6.07, 6.45) is 64.3. The lowest BCUT2D eigenvalue weighted by Gasteiger charge is -2.24. The monoisotopic (exact) mass is 896 g/mol. The van der Waals surface area contributed by atoms with Crippen molar-refractivity contribution < 1.29 is 24.5 Å². The maximum atomic E-state index is 13.2. The highest BCUT2D eigenvalue weighted by atomic mass is 16.5. The molecular formula is C58H105NO5. The fourth-order valence-electron chi connectivity index (χ4n) is 8.14. The third-order valence-electron chi connectivity index (χ3n) is 12.3. The lowest BCUT2D eigenvalue weighted by atomic mass is 10.0. The Bertz CT molecular complexity index is 1140. The van der Waals surface area contributed by atoms with Gasteiger partial charge in [0.1, 0.15) is 6.10 Å². The highest BCUT2D eigenvalue weighted by Crippen LogP contribution is 2.17. The van der Waals surface area contributed by atoms with Gasteiger partial charge in [0.15, 0.2) is 0 Å². The number of unbranched alkanes of at least 4 members (excludes halogenated alkanes) is 28. The van der Waals surface area contributed by atoms with E-state index >= 15 is 0 Å². The van der Waals surface area contributed by atoms with E-state index in [0.29, 0.717) is 19.3 Å². The van der Waals surface area contributed by atoms with Crippen LogP contribution < -0.4 is 5.32 Å². The average Bonchev–Trinajstić information content (AvgIpc) is 3.29. The quantitative estimate of drug-likeness (QED) is 0.0245. The number of aliphatic hydroxyl groups excluding tert-OH is 2. The van der Waals surface area contributed by atoms with Gasteiger partial charge in [0.2, 0.25) is 5.91 Å². The van der Waals surface area contributed by atoms with E-state index in [-0.39, 0.29) is 24.9 Å². The van der Waals surface area contributed by atoms with Gasteiger partial charge in [-0.2, -0.15) is 0 Å². The van der Waals surface area contributed by atoms with Crippen molar-refractivity contribution in [3.05, 3.63) is 60.8 Å². The molecule has 0 radical (unpaired) electrons. The van der Waals surface area contributed by atoms with Crippen LogP contribution >= 0.6 is 0 Å². The van der Waals surface area contributed by atoms with Gasteiger partial charge >= 0.3 is 5.97 Å². The second-order valence-corrected chi connectivity index (χ2v) is 18.7. The Labute approximate surface area is 397 Å². The third kappa shape index (κ3) is 46.1. The fraction of sp³-hybridized carbons (Fsp3) is 0.793. The molecular weight excluding hydrogens is 791 g/mol. The summed E-state index contributed by atoms with van der Waals surface area (Å²) in [7, 11) is 0. The first-order valence-corrected chi connectivity index (χ1v) is 27.5. The minimum Gasteiger partial charge on any atom is -0.462 e. The SMILES string of the molecule is CCCCC/C=C\C/C=C\C/C=C\CCCCCCC(=O)OC(CCC/C=C/C=C/CCCCCCCCC)CC(=O)NC(CO)C(O)CCCCCCCCCCCCCCCC. The highest BCUT2D eigenvalue weighted by molar-refractivity contribution is 5.77. The molecule has 0 saturated carbocycles. The predicted octanol–water partition coefficient (Wildman–Crippen LogP) is 16.8. The second-order valence-electron chi connectivity index (χ2n) is 18.7. The number of amides is 1. The van der Waals surface area contributed by atoms with Crippen molar-refractivity contribution in [2.45, 2.75) is 289 Å². The van der Waals surface area contributed by atoms with Crippen LogP contribution in [0.5, 0.6) is 0 Å². The molecule has 3 unspecified atom stereocenters. The minimum atomic E-state index is -0.805. The zero-order chi connectivity index (χ0) is 46.7. The van der Waals surface area contributed by atoms with Crippen LogP contribution in [0.1, 0.15) is 271 Å². The van der Waals surface area contributed by atoms with E-state index in [9.17, 15) is 19.8 Å². The van der Waals surface area contributed by atoms with Crippen molar-refractivity contribution in [3.8, 4) is 0 Å². The van der Waals surface area contributed by atoms with E-state index in [2.05, 4.69) is 86.8 Å². The molecule has 0 saturated heterocycles. The molecule has 0 aromatic carbocycles. The van der Waals surface area contributed by atoms with Crippen LogP contribution in [0, 0.1) is 0 Å². The summed E-state index contributed by atoms with van der Waals surface area (Å²) < 4.78 is 5.91. The Hall–Kier alpha value is -2.44. The smallest absolute Gasteiger partial charge is 0.306 e. The number of allylic oxidation sites excluding steroid dienone is 10. The number of esters is 1. The Morgan fingerprint density at radius 3 is 1.36 bits per heavy atom. The largest absolute Gasteiger partial charge is 0.462 e. The summed E-state index contributed by atoms with van der Waals surface area (Å²) in [6.45, 7) is 6.44.